The van der Waals surface area contributed by atoms with Gasteiger partial charge in [-0.1, -0.05) is 12.6 Å². The lowest BCUT2D eigenvalue weighted by Crippen LogP contribution is -2.36. The van der Waals surface area contributed by atoms with Crippen molar-refractivity contribution in [2.45, 2.75) is 32.7 Å². The Morgan fingerprint density at radius 2 is 2.15 bits per heavy atom. The van der Waals surface area contributed by atoms with Crippen LogP contribution in [-0.2, 0) is 11.2 Å². The number of aromatic nitrogens is 2. The fourth-order valence-corrected chi connectivity index (χ4v) is 3.68. The van der Waals surface area contributed by atoms with Gasteiger partial charge in [0.2, 0.25) is 5.91 Å². The van der Waals surface area contributed by atoms with E-state index in [2.05, 4.69) is 21.9 Å². The van der Waals surface area contributed by atoms with E-state index in [-0.39, 0.29) is 29.5 Å². The van der Waals surface area contributed by atoms with E-state index in [1.54, 1.807) is 25.4 Å². The molecule has 0 spiro atoms. The smallest absolute Gasteiger partial charge is 0.298 e. The first-order valence-electron chi connectivity index (χ1n) is 10.5. The molecule has 5 N–H and O–H groups in total. The predicted molar refractivity (Wildman–Crippen MR) is 126 cm³/mol. The molecule has 180 valence electrons. The molecule has 1 aromatic heterocycles. The zero-order chi connectivity index (χ0) is 25.0. The second kappa shape index (κ2) is 10.3. The Labute approximate surface area is 195 Å². The summed E-state index contributed by atoms with van der Waals surface area (Å²) in [5, 5.41) is 12.0. The van der Waals surface area contributed by atoms with E-state index in [0.29, 0.717) is 35.4 Å². The van der Waals surface area contributed by atoms with Crippen molar-refractivity contribution in [3.63, 3.8) is 0 Å². The zero-order valence-corrected chi connectivity index (χ0v) is 19.2. The van der Waals surface area contributed by atoms with Gasteiger partial charge in [-0.25, -0.2) is 14.9 Å². The van der Waals surface area contributed by atoms with Crippen LogP contribution in [0, 0.1) is 12.7 Å². The summed E-state index contributed by atoms with van der Waals surface area (Å²) in [6.07, 6.45) is 1.67. The third-order valence-electron chi connectivity index (χ3n) is 5.50. The van der Waals surface area contributed by atoms with Crippen molar-refractivity contribution in [1.82, 2.24) is 15.0 Å². The Morgan fingerprint density at radius 3 is 2.79 bits per heavy atom. The van der Waals surface area contributed by atoms with Gasteiger partial charge in [0.1, 0.15) is 5.84 Å². The summed E-state index contributed by atoms with van der Waals surface area (Å²) in [7, 11) is 1.39. The van der Waals surface area contributed by atoms with Gasteiger partial charge in [0.25, 0.3) is 5.56 Å². The molecule has 0 saturated carbocycles. The van der Waals surface area contributed by atoms with Gasteiger partial charge in [-0.2, -0.15) is 0 Å². The summed E-state index contributed by atoms with van der Waals surface area (Å²) in [5.74, 6) is -0.878. The van der Waals surface area contributed by atoms with Crippen molar-refractivity contribution in [2.24, 2.45) is 10.7 Å². The van der Waals surface area contributed by atoms with Gasteiger partial charge in [-0.3, -0.25) is 24.4 Å². The van der Waals surface area contributed by atoms with Crippen LogP contribution in [-0.4, -0.2) is 46.2 Å². The number of amidine groups is 1. The number of aryl methyl sites for hydroxylation is 1. The van der Waals surface area contributed by atoms with Crippen molar-refractivity contribution in [3.8, 4) is 5.75 Å². The molecule has 0 fully saturated rings. The van der Waals surface area contributed by atoms with Crippen LogP contribution >= 0.6 is 0 Å². The Kier molecular flexibility index (Phi) is 7.47. The molecule has 1 aliphatic heterocycles. The van der Waals surface area contributed by atoms with Crippen LogP contribution < -0.4 is 26.8 Å². The van der Waals surface area contributed by atoms with Crippen LogP contribution in [0.25, 0.3) is 5.70 Å². The van der Waals surface area contributed by atoms with Crippen molar-refractivity contribution >= 4 is 23.3 Å². The van der Waals surface area contributed by atoms with Crippen LogP contribution in [0.5, 0.6) is 5.75 Å². The molecular formula is C23H27FN6O4. The number of rotatable bonds is 8. The Morgan fingerprint density at radius 1 is 1.41 bits per heavy atom. The molecule has 10 nitrogen and oxygen atoms in total. The Hall–Kier alpha value is -3.99. The van der Waals surface area contributed by atoms with Crippen LogP contribution in [0.15, 0.2) is 51.9 Å². The van der Waals surface area contributed by atoms with E-state index in [9.17, 15) is 14.0 Å². The largest absolute Gasteiger partial charge is 0.494 e. The lowest BCUT2D eigenvalue weighted by molar-refractivity contribution is -0.128. The molecule has 0 radical (unpaired) electrons. The van der Waals surface area contributed by atoms with E-state index >= 15 is 0 Å². The molecule has 0 aliphatic carbocycles. The highest BCUT2D eigenvalue weighted by atomic mass is 19.1. The van der Waals surface area contributed by atoms with E-state index in [0.717, 1.165) is 0 Å². The van der Waals surface area contributed by atoms with Gasteiger partial charge >= 0.3 is 0 Å². The molecule has 2 aromatic rings. The number of nitrogens with one attached hydrogen (secondary N) is 2. The van der Waals surface area contributed by atoms with E-state index in [1.165, 1.54) is 30.0 Å². The van der Waals surface area contributed by atoms with Gasteiger partial charge in [0, 0.05) is 18.4 Å². The van der Waals surface area contributed by atoms with Gasteiger partial charge < -0.3 is 15.8 Å². The van der Waals surface area contributed by atoms with Gasteiger partial charge in [-0.15, -0.1) is 0 Å². The number of amides is 1. The minimum absolute atomic E-state index is 0.0510. The molecule has 0 bridgehead atoms. The number of benzene rings is 1. The highest BCUT2D eigenvalue weighted by molar-refractivity contribution is 6.19. The number of nitrogens with two attached hydrogens (primary N) is 1. The molecule has 34 heavy (non-hydrogen) atoms. The van der Waals surface area contributed by atoms with E-state index in [4.69, 9.17) is 15.7 Å². The van der Waals surface area contributed by atoms with E-state index in [1.807, 2.05) is 0 Å². The number of hydroxylamine groups is 1. The molecule has 1 atom stereocenters. The molecule has 1 amide bonds. The Balaban J connectivity index is 1.94. The summed E-state index contributed by atoms with van der Waals surface area (Å²) < 4.78 is 20.2. The number of aliphatic imine (C=N–C) groups is 1. The van der Waals surface area contributed by atoms with Crippen molar-refractivity contribution in [2.75, 3.05) is 19.0 Å². The van der Waals surface area contributed by atoms with Gasteiger partial charge in [0.15, 0.2) is 17.4 Å². The average molecular weight is 471 g/mol. The van der Waals surface area contributed by atoms with Gasteiger partial charge in [0.05, 0.1) is 25.3 Å². The second-order valence-corrected chi connectivity index (χ2v) is 7.79. The monoisotopic (exact) mass is 470 g/mol. The number of hydrogen-bond donors (Lipinski definition) is 4. The van der Waals surface area contributed by atoms with Crippen molar-refractivity contribution < 1.29 is 19.1 Å². The van der Waals surface area contributed by atoms with Crippen molar-refractivity contribution in [1.29, 1.82) is 0 Å². The lowest BCUT2D eigenvalue weighted by atomic mass is 9.93. The maximum atomic E-state index is 13.9. The lowest BCUT2D eigenvalue weighted by Gasteiger charge is -2.26. The predicted octanol–water partition coefficient (Wildman–Crippen LogP) is 1.78. The van der Waals surface area contributed by atoms with Crippen molar-refractivity contribution in [3.05, 3.63) is 69.5 Å². The highest BCUT2D eigenvalue weighted by Crippen LogP contribution is 2.29. The first kappa shape index (κ1) is 24.6. The maximum Gasteiger partial charge on any atom is 0.298 e. The molecular weight excluding hydrogens is 443 g/mol. The molecule has 11 heteroatoms. The quantitative estimate of drug-likeness (QED) is 0.340. The minimum atomic E-state index is -0.680. The third-order valence-corrected chi connectivity index (χ3v) is 5.50. The van der Waals surface area contributed by atoms with Crippen LogP contribution in [0.4, 0.5) is 10.2 Å². The summed E-state index contributed by atoms with van der Waals surface area (Å²) in [5.41, 5.74) is 9.57. The van der Waals surface area contributed by atoms with Crippen LogP contribution in [0.2, 0.25) is 0 Å². The fraction of sp³-hybridized carbons (Fsp3) is 0.304. The molecule has 1 aliphatic rings. The Bertz CT molecular complexity index is 1250. The topological polar surface area (TPSA) is 144 Å². The molecule has 1 aromatic carbocycles. The molecule has 1 unspecified atom stereocenters. The summed E-state index contributed by atoms with van der Waals surface area (Å²) >= 11 is 0. The minimum Gasteiger partial charge on any atom is -0.494 e. The highest BCUT2D eigenvalue weighted by Gasteiger charge is 2.28. The number of carbonyl (C=O) groups is 1. The number of dihydropyridines is 1. The van der Waals surface area contributed by atoms with Crippen LogP contribution in [0.1, 0.15) is 24.6 Å². The SMILES string of the molecule is C=C1C(CC(=O)NO)=C(n2c(C)cnc(NCCc3ccc(OC)c(F)c3)c2=O)C(N)=NC1C. The summed E-state index contributed by atoms with van der Waals surface area (Å²) in [4.78, 5) is 33.8. The van der Waals surface area contributed by atoms with E-state index < -0.39 is 23.3 Å². The normalized spacial score (nSPS) is 15.7. The number of carbonyl (C=O) groups excluding carboxylic acids is 1. The molecule has 3 rings (SSSR count). The average Bonchev–Trinajstić information content (AvgIpc) is 2.80. The maximum absolute atomic E-state index is 13.9. The number of anilines is 1. The van der Waals surface area contributed by atoms with Crippen LogP contribution in [0.3, 0.4) is 0 Å². The molecule has 0 saturated heterocycles. The summed E-state index contributed by atoms with van der Waals surface area (Å²) in [6.45, 7) is 7.73. The zero-order valence-electron chi connectivity index (χ0n) is 19.2. The number of hydrogen-bond acceptors (Lipinski definition) is 8. The third kappa shape index (κ3) is 4.99. The van der Waals surface area contributed by atoms with Gasteiger partial charge in [-0.05, 0) is 49.1 Å². The number of methoxy groups -OCH3 is 1. The number of ether oxygens (including phenoxy) is 1. The first-order chi connectivity index (χ1) is 16.2. The molecule has 2 heterocycles. The number of halogens is 1. The number of nitrogens with zero attached hydrogens (tertiary/aromatic N) is 3. The first-order valence-corrected chi connectivity index (χ1v) is 10.5. The second-order valence-electron chi connectivity index (χ2n) is 7.79. The summed E-state index contributed by atoms with van der Waals surface area (Å²) in [6, 6.07) is 4.25. The standard InChI is InChI=1S/C23H27FN6O4/c1-12-11-27-22(26-8-7-15-5-6-18(34-4)17(24)9-15)23(32)30(12)20-16(10-19(31)29-33)13(2)14(3)28-21(20)25/h5-6,9,11,14,33H,2,7-8,10H2,1,3-4H3,(H2,25,28)(H,26,27)(H,29,31). The fourth-order valence-electron chi connectivity index (χ4n) is 3.68.